The van der Waals surface area contributed by atoms with Crippen LogP contribution in [0.25, 0.3) is 11.3 Å². The number of benzene rings is 1. The molecule has 3 nitrogen and oxygen atoms in total. The predicted octanol–water partition coefficient (Wildman–Crippen LogP) is 8.31. The Morgan fingerprint density at radius 3 is 2.77 bits per heavy atom. The number of hydrogen-bond donors (Lipinski definition) is 0. The molecule has 30 heavy (non-hydrogen) atoms. The molecule has 0 unspecified atom stereocenters. The standard InChI is InChI=1S/C24H22Br2N2OS/c1-24(2,3)14-4-7-17-19(12-27)23(30-22(17)10-14)28-13-16-6-9-21(29-16)18-11-15(25)5-8-20(18)26/h5-6,8-9,11,13-14H,4,7,10H2,1-3H3/t14-/m1/s1. The quantitative estimate of drug-likeness (QED) is 0.311. The Morgan fingerprint density at radius 2 is 2.03 bits per heavy atom. The van der Waals surface area contributed by atoms with Crippen molar-refractivity contribution in [1.82, 2.24) is 0 Å². The summed E-state index contributed by atoms with van der Waals surface area (Å²) in [7, 11) is 0. The second-order valence-electron chi connectivity index (χ2n) is 8.69. The fourth-order valence-corrected chi connectivity index (χ4v) is 5.92. The maximum Gasteiger partial charge on any atom is 0.145 e. The van der Waals surface area contributed by atoms with Crippen LogP contribution in [0.2, 0.25) is 0 Å². The highest BCUT2D eigenvalue weighted by atomic mass is 79.9. The van der Waals surface area contributed by atoms with Gasteiger partial charge in [0.1, 0.15) is 22.6 Å². The molecule has 1 aliphatic rings. The summed E-state index contributed by atoms with van der Waals surface area (Å²) in [5.74, 6) is 2.08. The molecule has 1 aliphatic carbocycles. The van der Waals surface area contributed by atoms with Crippen molar-refractivity contribution < 1.29 is 4.42 Å². The van der Waals surface area contributed by atoms with Gasteiger partial charge in [-0.1, -0.05) is 52.6 Å². The van der Waals surface area contributed by atoms with Gasteiger partial charge >= 0.3 is 0 Å². The number of nitriles is 1. The fraction of sp³-hybridized carbons (Fsp3) is 0.333. The van der Waals surface area contributed by atoms with E-state index in [1.54, 1.807) is 17.6 Å². The summed E-state index contributed by atoms with van der Waals surface area (Å²) in [5, 5.41) is 10.5. The highest BCUT2D eigenvalue weighted by molar-refractivity contribution is 9.11. The Hall–Kier alpha value is -1.68. The average Bonchev–Trinajstić information content (AvgIpc) is 3.30. The molecule has 0 N–H and O–H groups in total. The van der Waals surface area contributed by atoms with E-state index in [0.29, 0.717) is 11.7 Å². The summed E-state index contributed by atoms with van der Waals surface area (Å²) < 4.78 is 7.94. The van der Waals surface area contributed by atoms with Crippen molar-refractivity contribution >= 4 is 54.4 Å². The van der Waals surface area contributed by atoms with Gasteiger partial charge in [0.05, 0.1) is 11.8 Å². The van der Waals surface area contributed by atoms with Crippen LogP contribution >= 0.6 is 43.2 Å². The monoisotopic (exact) mass is 544 g/mol. The molecule has 0 bridgehead atoms. The van der Waals surface area contributed by atoms with Crippen molar-refractivity contribution in [2.45, 2.75) is 40.0 Å². The van der Waals surface area contributed by atoms with E-state index in [1.807, 2.05) is 30.3 Å². The number of rotatable bonds is 3. The molecule has 2 heterocycles. The number of halogens is 2. The van der Waals surface area contributed by atoms with Crippen molar-refractivity contribution in [3.63, 3.8) is 0 Å². The van der Waals surface area contributed by atoms with Crippen LogP contribution in [-0.4, -0.2) is 6.21 Å². The molecule has 4 rings (SSSR count). The van der Waals surface area contributed by atoms with Crippen LogP contribution in [0.15, 0.2) is 48.7 Å². The van der Waals surface area contributed by atoms with E-state index in [1.165, 1.54) is 10.4 Å². The third-order valence-corrected chi connectivity index (χ3v) is 8.06. The Morgan fingerprint density at radius 1 is 1.23 bits per heavy atom. The first-order valence-corrected chi connectivity index (χ1v) is 12.3. The Kier molecular flexibility index (Phi) is 6.07. The lowest BCUT2D eigenvalue weighted by Crippen LogP contribution is -2.26. The Labute approximate surface area is 198 Å². The van der Waals surface area contributed by atoms with Gasteiger partial charge in [-0.25, -0.2) is 4.99 Å². The lowest BCUT2D eigenvalue weighted by Gasteiger charge is -2.33. The minimum atomic E-state index is 0.281. The molecular weight excluding hydrogens is 524 g/mol. The molecule has 0 radical (unpaired) electrons. The number of thiophene rings is 1. The van der Waals surface area contributed by atoms with E-state index in [0.717, 1.165) is 50.1 Å². The van der Waals surface area contributed by atoms with E-state index >= 15 is 0 Å². The van der Waals surface area contributed by atoms with Crippen LogP contribution in [0.1, 0.15) is 49.0 Å². The minimum Gasteiger partial charge on any atom is -0.455 e. The molecular formula is C24H22Br2N2OS. The van der Waals surface area contributed by atoms with Crippen molar-refractivity contribution in [2.24, 2.45) is 16.3 Å². The molecule has 0 fully saturated rings. The van der Waals surface area contributed by atoms with Crippen LogP contribution in [0, 0.1) is 22.7 Å². The number of nitrogens with zero attached hydrogens (tertiary/aromatic N) is 2. The van der Waals surface area contributed by atoms with Crippen LogP contribution in [-0.2, 0) is 12.8 Å². The van der Waals surface area contributed by atoms with Crippen molar-refractivity contribution in [1.29, 1.82) is 5.26 Å². The molecule has 0 saturated heterocycles. The highest BCUT2D eigenvalue weighted by Crippen LogP contribution is 2.45. The second-order valence-corrected chi connectivity index (χ2v) is 11.5. The van der Waals surface area contributed by atoms with Gasteiger partial charge in [-0.2, -0.15) is 5.26 Å². The topological polar surface area (TPSA) is 49.3 Å². The van der Waals surface area contributed by atoms with Crippen LogP contribution in [0.4, 0.5) is 5.00 Å². The summed E-state index contributed by atoms with van der Waals surface area (Å²) in [6.45, 7) is 6.91. The first kappa shape index (κ1) is 21.5. The normalized spacial score (nSPS) is 16.6. The molecule has 6 heteroatoms. The predicted molar refractivity (Wildman–Crippen MR) is 131 cm³/mol. The molecule has 3 aromatic rings. The number of furan rings is 1. The number of aliphatic imine (C=N–C) groups is 1. The van der Waals surface area contributed by atoms with Crippen LogP contribution in [0.5, 0.6) is 0 Å². The van der Waals surface area contributed by atoms with E-state index in [4.69, 9.17) is 4.42 Å². The van der Waals surface area contributed by atoms with E-state index in [9.17, 15) is 5.26 Å². The number of fused-ring (bicyclic) bond motifs is 1. The minimum absolute atomic E-state index is 0.281. The van der Waals surface area contributed by atoms with Gasteiger partial charge in [0.2, 0.25) is 0 Å². The maximum atomic E-state index is 9.75. The average molecular weight is 546 g/mol. The first-order valence-electron chi connectivity index (χ1n) is 9.90. The van der Waals surface area contributed by atoms with E-state index < -0.39 is 0 Å². The van der Waals surface area contributed by atoms with Gasteiger partial charge in [-0.15, -0.1) is 11.3 Å². The third kappa shape index (κ3) is 4.34. The molecule has 1 aromatic carbocycles. The van der Waals surface area contributed by atoms with Crippen LogP contribution < -0.4 is 0 Å². The molecule has 0 spiro atoms. The second kappa shape index (κ2) is 8.45. The highest BCUT2D eigenvalue weighted by Gasteiger charge is 2.32. The van der Waals surface area contributed by atoms with Gasteiger partial charge < -0.3 is 4.42 Å². The molecule has 0 amide bonds. The van der Waals surface area contributed by atoms with Crippen molar-refractivity contribution in [3.05, 3.63) is 61.0 Å². The third-order valence-electron chi connectivity index (χ3n) is 5.71. The fourth-order valence-electron chi connectivity index (χ4n) is 3.89. The Bertz CT molecular complexity index is 1160. The smallest absolute Gasteiger partial charge is 0.145 e. The van der Waals surface area contributed by atoms with E-state index in [-0.39, 0.29) is 5.41 Å². The van der Waals surface area contributed by atoms with Gasteiger partial charge in [0.15, 0.2) is 0 Å². The zero-order valence-electron chi connectivity index (χ0n) is 17.1. The van der Waals surface area contributed by atoms with Gasteiger partial charge in [-0.05, 0) is 66.5 Å². The zero-order valence-corrected chi connectivity index (χ0v) is 21.1. The molecule has 0 saturated carbocycles. The van der Waals surface area contributed by atoms with Crippen molar-refractivity contribution in [2.75, 3.05) is 0 Å². The summed E-state index contributed by atoms with van der Waals surface area (Å²) in [6, 6.07) is 12.2. The summed E-state index contributed by atoms with van der Waals surface area (Å²) in [6.07, 6.45) is 4.85. The summed E-state index contributed by atoms with van der Waals surface area (Å²) >= 11 is 8.73. The maximum absolute atomic E-state index is 9.75. The Balaban J connectivity index is 1.60. The van der Waals surface area contributed by atoms with Gasteiger partial charge in [-0.3, -0.25) is 0 Å². The molecule has 154 valence electrons. The lowest BCUT2D eigenvalue weighted by molar-refractivity contribution is 0.218. The van der Waals surface area contributed by atoms with Crippen molar-refractivity contribution in [3.8, 4) is 17.4 Å². The van der Waals surface area contributed by atoms with Crippen LogP contribution in [0.3, 0.4) is 0 Å². The molecule has 1 atom stereocenters. The largest absolute Gasteiger partial charge is 0.455 e. The zero-order chi connectivity index (χ0) is 21.5. The molecule has 0 aliphatic heterocycles. The first-order chi connectivity index (χ1) is 14.3. The summed E-state index contributed by atoms with van der Waals surface area (Å²) in [5.41, 5.74) is 3.19. The lowest BCUT2D eigenvalue weighted by atomic mass is 9.72. The summed E-state index contributed by atoms with van der Waals surface area (Å²) in [4.78, 5) is 5.97. The van der Waals surface area contributed by atoms with E-state index in [2.05, 4.69) is 63.7 Å². The number of hydrogen-bond acceptors (Lipinski definition) is 4. The SMILES string of the molecule is CC(C)(C)[C@@H]1CCc2c(sc(N=Cc3ccc(-c4cc(Br)ccc4Br)o3)c2C#N)C1. The van der Waals surface area contributed by atoms with Gasteiger partial charge in [0, 0.05) is 19.4 Å². The van der Waals surface area contributed by atoms with Gasteiger partial charge in [0.25, 0.3) is 0 Å². The molecule has 2 aromatic heterocycles.